The van der Waals surface area contributed by atoms with E-state index in [1.807, 2.05) is 12.1 Å². The van der Waals surface area contributed by atoms with Crippen molar-refractivity contribution in [2.24, 2.45) is 0 Å². The van der Waals surface area contributed by atoms with Gasteiger partial charge in [-0.2, -0.15) is 0 Å². The van der Waals surface area contributed by atoms with Crippen molar-refractivity contribution in [2.75, 3.05) is 13.7 Å². The molecule has 0 spiro atoms. The Morgan fingerprint density at radius 1 is 1.33 bits per heavy atom. The van der Waals surface area contributed by atoms with Crippen LogP contribution >= 0.6 is 11.6 Å². The third kappa shape index (κ3) is 2.65. The van der Waals surface area contributed by atoms with Crippen LogP contribution in [-0.4, -0.2) is 13.7 Å². The van der Waals surface area contributed by atoms with Crippen molar-refractivity contribution in [1.29, 1.82) is 0 Å². The van der Waals surface area contributed by atoms with Crippen LogP contribution in [-0.2, 0) is 5.41 Å². The van der Waals surface area contributed by atoms with E-state index in [4.69, 9.17) is 16.3 Å². The van der Waals surface area contributed by atoms with Crippen molar-refractivity contribution in [1.82, 2.24) is 5.32 Å². The number of hydrogen-bond donors (Lipinski definition) is 1. The number of rotatable bonds is 2. The summed E-state index contributed by atoms with van der Waals surface area (Å²) in [6.07, 6.45) is 2.37. The summed E-state index contributed by atoms with van der Waals surface area (Å²) in [5.41, 5.74) is 2.41. The lowest BCUT2D eigenvalue weighted by Gasteiger charge is -2.26. The molecule has 1 saturated heterocycles. The van der Waals surface area contributed by atoms with Gasteiger partial charge in [-0.25, -0.2) is 0 Å². The van der Waals surface area contributed by atoms with Crippen LogP contribution in [0.5, 0.6) is 5.75 Å². The molecule has 2 nitrogen and oxygen atoms in total. The number of halogens is 1. The molecule has 0 saturated carbocycles. The third-order valence-corrected chi connectivity index (χ3v) is 3.75. The summed E-state index contributed by atoms with van der Waals surface area (Å²) >= 11 is 6.28. The Hall–Kier alpha value is -0.730. The molecule has 1 fully saturated rings. The first-order valence-electron chi connectivity index (χ1n) is 6.55. The van der Waals surface area contributed by atoms with Gasteiger partial charge in [-0.3, -0.25) is 0 Å². The number of methoxy groups -OCH3 is 1. The first kappa shape index (κ1) is 13.7. The van der Waals surface area contributed by atoms with Crippen LogP contribution in [0.15, 0.2) is 12.1 Å². The largest absolute Gasteiger partial charge is 0.496 e. The fourth-order valence-electron chi connectivity index (χ4n) is 2.61. The Morgan fingerprint density at radius 2 is 2.06 bits per heavy atom. The van der Waals surface area contributed by atoms with E-state index in [2.05, 4.69) is 26.1 Å². The second-order valence-electron chi connectivity index (χ2n) is 5.97. The van der Waals surface area contributed by atoms with Crippen molar-refractivity contribution < 1.29 is 4.74 Å². The average molecular weight is 268 g/mol. The van der Waals surface area contributed by atoms with Crippen molar-refractivity contribution in [2.45, 2.75) is 45.1 Å². The van der Waals surface area contributed by atoms with Gasteiger partial charge in [0.05, 0.1) is 7.11 Å². The molecule has 2 rings (SSSR count). The summed E-state index contributed by atoms with van der Waals surface area (Å²) in [4.78, 5) is 0. The fourth-order valence-corrected chi connectivity index (χ4v) is 2.84. The SMILES string of the molecule is COc1c(C2CCCN2)cc(Cl)cc1C(C)(C)C. The van der Waals surface area contributed by atoms with Crippen LogP contribution in [0.25, 0.3) is 0 Å². The lowest BCUT2D eigenvalue weighted by Crippen LogP contribution is -2.18. The summed E-state index contributed by atoms with van der Waals surface area (Å²) in [5.74, 6) is 0.992. The number of hydrogen-bond acceptors (Lipinski definition) is 2. The van der Waals surface area contributed by atoms with Crippen LogP contribution in [0.4, 0.5) is 0 Å². The second kappa shape index (κ2) is 5.10. The number of benzene rings is 1. The van der Waals surface area contributed by atoms with E-state index in [0.717, 1.165) is 23.7 Å². The predicted octanol–water partition coefficient (Wildman–Crippen LogP) is 4.07. The quantitative estimate of drug-likeness (QED) is 0.872. The van der Waals surface area contributed by atoms with Crippen molar-refractivity contribution in [3.05, 3.63) is 28.3 Å². The lowest BCUT2D eigenvalue weighted by molar-refractivity contribution is 0.387. The van der Waals surface area contributed by atoms with Gasteiger partial charge in [-0.1, -0.05) is 32.4 Å². The molecule has 1 aliphatic rings. The molecule has 0 radical (unpaired) electrons. The third-order valence-electron chi connectivity index (χ3n) is 3.53. The van der Waals surface area contributed by atoms with Crippen molar-refractivity contribution in [3.63, 3.8) is 0 Å². The monoisotopic (exact) mass is 267 g/mol. The Morgan fingerprint density at radius 3 is 2.56 bits per heavy atom. The fraction of sp³-hybridized carbons (Fsp3) is 0.600. The number of ether oxygens (including phenoxy) is 1. The molecule has 0 aromatic heterocycles. The van der Waals surface area contributed by atoms with E-state index in [0.29, 0.717) is 6.04 Å². The van der Waals surface area contributed by atoms with Crippen LogP contribution in [0.3, 0.4) is 0 Å². The van der Waals surface area contributed by atoms with E-state index in [1.54, 1.807) is 7.11 Å². The molecule has 1 aromatic rings. The molecule has 18 heavy (non-hydrogen) atoms. The highest BCUT2D eigenvalue weighted by Crippen LogP contribution is 2.40. The molecule has 0 amide bonds. The van der Waals surface area contributed by atoms with Gasteiger partial charge in [0.15, 0.2) is 0 Å². The highest BCUT2D eigenvalue weighted by molar-refractivity contribution is 6.30. The minimum Gasteiger partial charge on any atom is -0.496 e. The molecule has 3 heteroatoms. The Kier molecular flexibility index (Phi) is 3.88. The highest BCUT2D eigenvalue weighted by Gasteiger charge is 2.26. The van der Waals surface area contributed by atoms with Crippen molar-refractivity contribution >= 4 is 11.6 Å². The van der Waals surface area contributed by atoms with Crippen LogP contribution < -0.4 is 10.1 Å². The smallest absolute Gasteiger partial charge is 0.127 e. The molecule has 0 bridgehead atoms. The van der Waals surface area contributed by atoms with Crippen LogP contribution in [0, 0.1) is 0 Å². The minimum absolute atomic E-state index is 0.0313. The molecule has 100 valence electrons. The molecular weight excluding hydrogens is 246 g/mol. The zero-order valence-corrected chi connectivity index (χ0v) is 12.4. The van der Waals surface area contributed by atoms with Gasteiger partial charge in [0.1, 0.15) is 5.75 Å². The number of nitrogens with one attached hydrogen (secondary N) is 1. The normalized spacial score (nSPS) is 20.2. The van der Waals surface area contributed by atoms with E-state index < -0.39 is 0 Å². The summed E-state index contributed by atoms with van der Waals surface area (Å²) in [5, 5.41) is 4.31. The Labute approximate surface area is 115 Å². The topological polar surface area (TPSA) is 21.3 Å². The second-order valence-corrected chi connectivity index (χ2v) is 6.41. The van der Waals surface area contributed by atoms with Gasteiger partial charge in [0, 0.05) is 22.2 Å². The molecule has 1 aliphatic heterocycles. The Balaban J connectivity index is 2.54. The van der Waals surface area contributed by atoms with Crippen LogP contribution in [0.2, 0.25) is 5.02 Å². The molecule has 1 unspecified atom stereocenters. The van der Waals surface area contributed by atoms with E-state index >= 15 is 0 Å². The minimum atomic E-state index is 0.0313. The molecule has 0 aliphatic carbocycles. The lowest BCUT2D eigenvalue weighted by atomic mass is 9.84. The molecule has 1 aromatic carbocycles. The first-order chi connectivity index (χ1) is 8.43. The molecule has 1 N–H and O–H groups in total. The maximum atomic E-state index is 6.28. The zero-order chi connectivity index (χ0) is 13.3. The van der Waals surface area contributed by atoms with Gasteiger partial charge in [0.25, 0.3) is 0 Å². The first-order valence-corrected chi connectivity index (χ1v) is 6.92. The van der Waals surface area contributed by atoms with Gasteiger partial charge >= 0.3 is 0 Å². The summed E-state index contributed by atoms with van der Waals surface area (Å²) in [7, 11) is 1.75. The molecular formula is C15H22ClNO. The van der Waals surface area contributed by atoms with Gasteiger partial charge in [-0.15, -0.1) is 0 Å². The van der Waals surface area contributed by atoms with Crippen molar-refractivity contribution in [3.8, 4) is 5.75 Å². The summed E-state index contributed by atoms with van der Waals surface area (Å²) in [6.45, 7) is 7.64. The van der Waals surface area contributed by atoms with E-state index in [9.17, 15) is 0 Å². The summed E-state index contributed by atoms with van der Waals surface area (Å²) < 4.78 is 5.67. The average Bonchev–Trinajstić information content (AvgIpc) is 2.80. The van der Waals surface area contributed by atoms with Gasteiger partial charge < -0.3 is 10.1 Å². The maximum absolute atomic E-state index is 6.28. The highest BCUT2D eigenvalue weighted by atomic mass is 35.5. The van der Waals surface area contributed by atoms with Crippen LogP contribution in [0.1, 0.15) is 50.8 Å². The van der Waals surface area contributed by atoms with Gasteiger partial charge in [0.2, 0.25) is 0 Å². The maximum Gasteiger partial charge on any atom is 0.127 e. The van der Waals surface area contributed by atoms with E-state index in [1.165, 1.54) is 17.5 Å². The standard InChI is InChI=1S/C15H22ClNO/c1-15(2,3)12-9-10(16)8-11(14(12)18-4)13-6-5-7-17-13/h8-9,13,17H,5-7H2,1-4H3. The predicted molar refractivity (Wildman–Crippen MR) is 76.7 cm³/mol. The van der Waals surface area contributed by atoms with E-state index in [-0.39, 0.29) is 5.41 Å². The molecule has 1 atom stereocenters. The Bertz CT molecular complexity index is 431. The zero-order valence-electron chi connectivity index (χ0n) is 11.6. The summed E-state index contributed by atoms with van der Waals surface area (Å²) in [6, 6.07) is 4.44. The van der Waals surface area contributed by atoms with Gasteiger partial charge in [-0.05, 0) is 36.9 Å². The molecule has 1 heterocycles.